The highest BCUT2D eigenvalue weighted by atomic mass is 16.5. The Morgan fingerprint density at radius 3 is 2.26 bits per heavy atom. The minimum Gasteiger partial charge on any atom is -0.497 e. The zero-order valence-electron chi connectivity index (χ0n) is 23.1. The monoisotopic (exact) mass is 517 g/mol. The van der Waals surface area contributed by atoms with Gasteiger partial charge in [-0.25, -0.2) is 0 Å². The fourth-order valence-electron chi connectivity index (χ4n) is 5.77. The number of rotatable bonds is 6. The Balaban J connectivity index is 1.56. The Kier molecular flexibility index (Phi) is 6.51. The number of hydrogen-bond donors (Lipinski definition) is 1. The molecule has 5 heteroatoms. The number of amides is 1. The molecule has 1 N–H and O–H groups in total. The third-order valence-electron chi connectivity index (χ3n) is 7.91. The molecule has 3 aromatic carbocycles. The van der Waals surface area contributed by atoms with Gasteiger partial charge >= 0.3 is 0 Å². The first-order valence-electron chi connectivity index (χ1n) is 13.8. The third-order valence-corrected chi connectivity index (χ3v) is 7.91. The number of imidazole rings is 1. The maximum Gasteiger partial charge on any atom is 0.273 e. The van der Waals surface area contributed by atoms with Crippen LogP contribution in [0.1, 0.15) is 59.8 Å². The number of anilines is 1. The van der Waals surface area contributed by atoms with E-state index in [0.717, 1.165) is 59.7 Å². The Morgan fingerprint density at radius 2 is 1.59 bits per heavy atom. The third kappa shape index (κ3) is 4.52. The van der Waals surface area contributed by atoms with Crippen molar-refractivity contribution in [2.75, 3.05) is 12.4 Å². The van der Waals surface area contributed by atoms with Crippen molar-refractivity contribution in [3.05, 3.63) is 101 Å². The van der Waals surface area contributed by atoms with Gasteiger partial charge in [-0.3, -0.25) is 9.20 Å². The second-order valence-electron chi connectivity index (χ2n) is 10.8. The van der Waals surface area contributed by atoms with Crippen molar-refractivity contribution in [3.8, 4) is 28.1 Å². The van der Waals surface area contributed by atoms with Crippen LogP contribution in [0.2, 0.25) is 0 Å². The molecular weight excluding hydrogens is 482 g/mol. The quantitative estimate of drug-likeness (QED) is 0.247. The van der Waals surface area contributed by atoms with Crippen LogP contribution in [0.5, 0.6) is 5.75 Å². The van der Waals surface area contributed by atoms with Crippen molar-refractivity contribution in [2.45, 2.75) is 52.5 Å². The molecule has 0 fully saturated rings. The van der Waals surface area contributed by atoms with Gasteiger partial charge in [0, 0.05) is 29.6 Å². The lowest BCUT2D eigenvalue weighted by atomic mass is 9.95. The predicted octanol–water partition coefficient (Wildman–Crippen LogP) is 8.10. The van der Waals surface area contributed by atoms with Crippen LogP contribution in [-0.2, 0) is 13.0 Å². The van der Waals surface area contributed by atoms with Crippen molar-refractivity contribution in [1.82, 2.24) is 8.97 Å². The van der Waals surface area contributed by atoms with Gasteiger partial charge in [0.25, 0.3) is 5.91 Å². The smallest absolute Gasteiger partial charge is 0.273 e. The molecule has 1 aliphatic heterocycles. The van der Waals surface area contributed by atoms with Crippen LogP contribution in [0, 0.1) is 6.92 Å². The van der Waals surface area contributed by atoms with Gasteiger partial charge in [-0.2, -0.15) is 0 Å². The lowest BCUT2D eigenvalue weighted by Gasteiger charge is -2.12. The highest BCUT2D eigenvalue weighted by Crippen LogP contribution is 2.40. The zero-order chi connectivity index (χ0) is 27.1. The van der Waals surface area contributed by atoms with E-state index in [0.29, 0.717) is 11.6 Å². The number of aromatic nitrogens is 2. The van der Waals surface area contributed by atoms with Gasteiger partial charge < -0.3 is 14.6 Å². The van der Waals surface area contributed by atoms with Crippen LogP contribution in [0.3, 0.4) is 0 Å². The number of carbonyl (C=O) groups excluding carboxylic acids is 1. The van der Waals surface area contributed by atoms with Crippen LogP contribution >= 0.6 is 0 Å². The first-order valence-corrected chi connectivity index (χ1v) is 13.8. The van der Waals surface area contributed by atoms with E-state index in [4.69, 9.17) is 4.74 Å². The van der Waals surface area contributed by atoms with Crippen molar-refractivity contribution in [2.24, 2.45) is 0 Å². The van der Waals surface area contributed by atoms with Crippen LogP contribution in [-0.4, -0.2) is 22.0 Å². The number of benzene rings is 3. The van der Waals surface area contributed by atoms with E-state index in [1.54, 1.807) is 7.11 Å². The molecule has 5 aromatic rings. The summed E-state index contributed by atoms with van der Waals surface area (Å²) in [5.41, 5.74) is 10.8. The van der Waals surface area contributed by atoms with E-state index in [1.165, 1.54) is 22.3 Å². The van der Waals surface area contributed by atoms with Crippen LogP contribution < -0.4 is 10.1 Å². The summed E-state index contributed by atoms with van der Waals surface area (Å²) in [5.74, 6) is 1.10. The van der Waals surface area contributed by atoms with Crippen molar-refractivity contribution in [3.63, 3.8) is 0 Å². The summed E-state index contributed by atoms with van der Waals surface area (Å²) in [4.78, 5) is 14.1. The zero-order valence-corrected chi connectivity index (χ0v) is 23.1. The molecule has 0 saturated carbocycles. The maximum absolute atomic E-state index is 14.1. The van der Waals surface area contributed by atoms with E-state index in [-0.39, 0.29) is 5.91 Å². The summed E-state index contributed by atoms with van der Waals surface area (Å²) in [6, 6.07) is 24.9. The summed E-state index contributed by atoms with van der Waals surface area (Å²) in [6.07, 6.45) is 5.30. The Morgan fingerprint density at radius 1 is 0.897 bits per heavy atom. The number of nitrogens with zero attached hydrogens (tertiary/aromatic N) is 2. The number of aryl methyl sites for hydroxylation is 3. The molecule has 0 bridgehead atoms. The number of carbonyl (C=O) groups is 1. The van der Waals surface area contributed by atoms with E-state index in [2.05, 4.69) is 89.8 Å². The molecule has 0 saturated heterocycles. The van der Waals surface area contributed by atoms with Crippen molar-refractivity contribution < 1.29 is 9.53 Å². The lowest BCUT2D eigenvalue weighted by molar-refractivity contribution is 0.102. The largest absolute Gasteiger partial charge is 0.497 e. The molecule has 2 aromatic heterocycles. The molecule has 1 aliphatic rings. The predicted molar refractivity (Wildman–Crippen MR) is 159 cm³/mol. The van der Waals surface area contributed by atoms with E-state index in [1.807, 2.05) is 24.3 Å². The molecule has 3 heterocycles. The van der Waals surface area contributed by atoms with Crippen LogP contribution in [0.25, 0.3) is 28.0 Å². The second-order valence-corrected chi connectivity index (χ2v) is 10.8. The van der Waals surface area contributed by atoms with Gasteiger partial charge in [0.05, 0.1) is 12.8 Å². The molecule has 0 aliphatic carbocycles. The Hall–Kier alpha value is -4.25. The standard InChI is InChI=1S/C34H35N3O2/c1-22(2)24-12-14-26(15-13-24)31-29-7-5-6-20-36-30(25-10-8-23(3)9-11-25)21-37(34(29)36)32(31)33(38)35-27-16-18-28(39-4)19-17-27/h8-19,21-22H,5-7,20H2,1-4H3,(H,35,38). The summed E-state index contributed by atoms with van der Waals surface area (Å²) >= 11 is 0. The summed E-state index contributed by atoms with van der Waals surface area (Å²) in [6.45, 7) is 7.46. The number of hydrogen-bond acceptors (Lipinski definition) is 2. The van der Waals surface area contributed by atoms with Gasteiger partial charge in [-0.1, -0.05) is 67.9 Å². The van der Waals surface area contributed by atoms with Gasteiger partial charge in [-0.15, -0.1) is 0 Å². The number of nitrogens with one attached hydrogen (secondary N) is 1. The fourth-order valence-corrected chi connectivity index (χ4v) is 5.77. The van der Waals surface area contributed by atoms with Crippen LogP contribution in [0.15, 0.2) is 79.0 Å². The SMILES string of the molecule is COc1ccc(NC(=O)c2c(-c3ccc(C(C)C)cc3)c3c4n(c(-c5ccc(C)cc5)cn24)CCCC3)cc1. The topological polar surface area (TPSA) is 47.7 Å². The molecule has 5 nitrogen and oxygen atoms in total. The molecule has 1 amide bonds. The van der Waals surface area contributed by atoms with Crippen molar-refractivity contribution in [1.29, 1.82) is 0 Å². The Labute approximate surface area is 230 Å². The summed E-state index contributed by atoms with van der Waals surface area (Å²) < 4.78 is 9.86. The maximum atomic E-state index is 14.1. The molecule has 0 radical (unpaired) electrons. The minimum absolute atomic E-state index is 0.113. The molecule has 6 rings (SSSR count). The minimum atomic E-state index is -0.113. The van der Waals surface area contributed by atoms with Gasteiger partial charge in [-0.05, 0) is 73.1 Å². The molecule has 0 spiro atoms. The summed E-state index contributed by atoms with van der Waals surface area (Å²) in [5, 5.41) is 3.17. The average molecular weight is 518 g/mol. The second kappa shape index (κ2) is 10.1. The normalized spacial score (nSPS) is 13.1. The summed E-state index contributed by atoms with van der Waals surface area (Å²) in [7, 11) is 1.64. The van der Waals surface area contributed by atoms with Gasteiger partial charge in [0.2, 0.25) is 0 Å². The van der Waals surface area contributed by atoms with E-state index >= 15 is 0 Å². The fraction of sp³-hybridized carbons (Fsp3) is 0.265. The average Bonchev–Trinajstić information content (AvgIpc) is 3.37. The first kappa shape index (κ1) is 25.1. The molecule has 198 valence electrons. The van der Waals surface area contributed by atoms with Gasteiger partial charge in [0.15, 0.2) is 0 Å². The molecule has 0 unspecified atom stereocenters. The first-order chi connectivity index (χ1) is 18.9. The highest BCUT2D eigenvalue weighted by molar-refractivity contribution is 6.10. The number of methoxy groups -OCH3 is 1. The van der Waals surface area contributed by atoms with Crippen molar-refractivity contribution >= 4 is 17.2 Å². The Bertz CT molecular complexity index is 1640. The highest BCUT2D eigenvalue weighted by Gasteiger charge is 2.29. The van der Waals surface area contributed by atoms with Crippen LogP contribution in [0.4, 0.5) is 5.69 Å². The lowest BCUT2D eigenvalue weighted by Crippen LogP contribution is -2.15. The number of ether oxygens (including phenoxy) is 1. The molecule has 39 heavy (non-hydrogen) atoms. The van der Waals surface area contributed by atoms with E-state index in [9.17, 15) is 4.79 Å². The molecular formula is C34H35N3O2. The molecule has 0 atom stereocenters. The van der Waals surface area contributed by atoms with Gasteiger partial charge in [0.1, 0.15) is 17.1 Å². The van der Waals surface area contributed by atoms with E-state index < -0.39 is 0 Å².